The van der Waals surface area contributed by atoms with Crippen LogP contribution in [0, 0.1) is 5.92 Å². The summed E-state index contributed by atoms with van der Waals surface area (Å²) in [5.41, 5.74) is 7.13. The third kappa shape index (κ3) is 3.15. The van der Waals surface area contributed by atoms with E-state index in [9.17, 15) is 9.90 Å². The molecule has 3 N–H and O–H groups in total. The molecule has 0 aromatic carbocycles. The molecule has 1 fully saturated rings. The Labute approximate surface area is 120 Å². The topological polar surface area (TPSA) is 71.5 Å². The zero-order valence-corrected chi connectivity index (χ0v) is 12.4. The molecule has 1 aliphatic rings. The first-order valence-electron chi connectivity index (χ1n) is 7.46. The number of aliphatic hydroxyl groups excluding tert-OH is 1. The molecular weight excluding hydrogens is 254 g/mol. The van der Waals surface area contributed by atoms with Gasteiger partial charge in [0, 0.05) is 25.8 Å². The van der Waals surface area contributed by atoms with Crippen LogP contribution in [0.3, 0.4) is 0 Å². The zero-order chi connectivity index (χ0) is 14.7. The number of amides is 1. The van der Waals surface area contributed by atoms with E-state index in [1.54, 1.807) is 6.07 Å². The quantitative estimate of drug-likeness (QED) is 0.881. The van der Waals surface area contributed by atoms with Crippen molar-refractivity contribution < 1.29 is 9.90 Å². The third-order valence-electron chi connectivity index (χ3n) is 4.11. The number of carbonyl (C=O) groups excluding carboxylic acids is 1. The average Bonchev–Trinajstić information content (AvgIpc) is 2.79. The largest absolute Gasteiger partial charge is 0.397 e. The molecule has 0 bridgehead atoms. The highest BCUT2D eigenvalue weighted by Gasteiger charge is 2.27. The molecule has 0 spiro atoms. The number of rotatable bonds is 4. The molecule has 0 aliphatic carbocycles. The van der Waals surface area contributed by atoms with Crippen molar-refractivity contribution in [3.05, 3.63) is 18.0 Å². The Balaban J connectivity index is 2.05. The van der Waals surface area contributed by atoms with Gasteiger partial charge in [-0.1, -0.05) is 6.92 Å². The second kappa shape index (κ2) is 6.31. The molecule has 0 saturated carbocycles. The molecule has 1 atom stereocenters. The number of nitrogen functional groups attached to an aromatic ring is 1. The van der Waals surface area contributed by atoms with Crippen LogP contribution in [0.2, 0.25) is 0 Å². The Bertz CT molecular complexity index is 460. The first-order valence-corrected chi connectivity index (χ1v) is 7.46. The molecular formula is C15H25N3O2. The monoisotopic (exact) mass is 279 g/mol. The van der Waals surface area contributed by atoms with Crippen molar-refractivity contribution >= 4 is 11.6 Å². The number of likely N-dealkylation sites (tertiary alicyclic amines) is 1. The molecule has 5 heteroatoms. The smallest absolute Gasteiger partial charge is 0.270 e. The summed E-state index contributed by atoms with van der Waals surface area (Å²) >= 11 is 0. The number of nitrogens with zero attached hydrogens (tertiary/aromatic N) is 2. The first kappa shape index (κ1) is 14.9. The minimum absolute atomic E-state index is 0.0548. The summed E-state index contributed by atoms with van der Waals surface area (Å²) in [5.74, 6) is 0.366. The van der Waals surface area contributed by atoms with E-state index >= 15 is 0 Å². The lowest BCUT2D eigenvalue weighted by molar-refractivity contribution is 0.0513. The van der Waals surface area contributed by atoms with Gasteiger partial charge in [-0.15, -0.1) is 0 Å². The molecule has 2 rings (SSSR count). The van der Waals surface area contributed by atoms with Crippen LogP contribution in [-0.2, 0) is 6.54 Å². The number of aromatic nitrogens is 1. The van der Waals surface area contributed by atoms with Crippen molar-refractivity contribution in [3.8, 4) is 0 Å². The maximum absolute atomic E-state index is 12.6. The Hall–Kier alpha value is -1.49. The van der Waals surface area contributed by atoms with Crippen LogP contribution < -0.4 is 5.73 Å². The van der Waals surface area contributed by atoms with E-state index in [0.29, 0.717) is 30.4 Å². The summed E-state index contributed by atoms with van der Waals surface area (Å²) in [6.07, 6.45) is 4.25. The minimum Gasteiger partial charge on any atom is -0.397 e. The molecule has 112 valence electrons. The highest BCUT2D eigenvalue weighted by atomic mass is 16.3. The maximum atomic E-state index is 12.6. The SMILES string of the molecule is CCCn1cc(N)cc1C(=O)N1CCC(C(C)O)CC1. The number of piperidine rings is 1. The Morgan fingerprint density at radius 3 is 2.70 bits per heavy atom. The van der Waals surface area contributed by atoms with Gasteiger partial charge in [0.1, 0.15) is 5.69 Å². The van der Waals surface area contributed by atoms with Gasteiger partial charge in [0.2, 0.25) is 0 Å². The lowest BCUT2D eigenvalue weighted by Crippen LogP contribution is -2.41. The van der Waals surface area contributed by atoms with Crippen LogP contribution in [0.25, 0.3) is 0 Å². The summed E-state index contributed by atoms with van der Waals surface area (Å²) in [5, 5.41) is 9.61. The van der Waals surface area contributed by atoms with E-state index in [0.717, 1.165) is 25.8 Å². The number of hydrogen-bond donors (Lipinski definition) is 2. The number of anilines is 1. The van der Waals surface area contributed by atoms with Crippen molar-refractivity contribution in [3.63, 3.8) is 0 Å². The average molecular weight is 279 g/mol. The second-order valence-electron chi connectivity index (χ2n) is 5.72. The van der Waals surface area contributed by atoms with Gasteiger partial charge < -0.3 is 20.3 Å². The van der Waals surface area contributed by atoms with Gasteiger partial charge >= 0.3 is 0 Å². The van der Waals surface area contributed by atoms with Crippen molar-refractivity contribution in [1.29, 1.82) is 0 Å². The van der Waals surface area contributed by atoms with Crippen LogP contribution in [0.1, 0.15) is 43.6 Å². The van der Waals surface area contributed by atoms with E-state index in [1.165, 1.54) is 0 Å². The summed E-state index contributed by atoms with van der Waals surface area (Å²) in [6.45, 7) is 6.15. The molecule has 1 saturated heterocycles. The van der Waals surface area contributed by atoms with Crippen LogP contribution in [0.5, 0.6) is 0 Å². The molecule has 1 aromatic heterocycles. The Kier molecular flexibility index (Phi) is 4.70. The molecule has 5 nitrogen and oxygen atoms in total. The van der Waals surface area contributed by atoms with Crippen molar-refractivity contribution in [2.45, 2.75) is 45.8 Å². The van der Waals surface area contributed by atoms with Gasteiger partial charge in [0.25, 0.3) is 5.91 Å². The zero-order valence-electron chi connectivity index (χ0n) is 12.4. The highest BCUT2D eigenvalue weighted by Crippen LogP contribution is 2.23. The van der Waals surface area contributed by atoms with Crippen molar-refractivity contribution in [2.75, 3.05) is 18.8 Å². The maximum Gasteiger partial charge on any atom is 0.270 e. The number of aliphatic hydroxyl groups is 1. The van der Waals surface area contributed by atoms with Crippen LogP contribution in [-0.4, -0.2) is 39.7 Å². The van der Waals surface area contributed by atoms with Crippen LogP contribution in [0.15, 0.2) is 12.3 Å². The molecule has 20 heavy (non-hydrogen) atoms. The van der Waals surface area contributed by atoms with E-state index in [-0.39, 0.29) is 12.0 Å². The lowest BCUT2D eigenvalue weighted by atomic mass is 9.92. The third-order valence-corrected chi connectivity index (χ3v) is 4.11. The molecule has 1 amide bonds. The summed E-state index contributed by atoms with van der Waals surface area (Å²) in [4.78, 5) is 14.4. The van der Waals surface area contributed by atoms with Crippen molar-refractivity contribution in [1.82, 2.24) is 9.47 Å². The van der Waals surface area contributed by atoms with Gasteiger partial charge in [0.15, 0.2) is 0 Å². The van der Waals surface area contributed by atoms with E-state index in [1.807, 2.05) is 22.6 Å². The molecule has 1 aromatic rings. The van der Waals surface area contributed by atoms with E-state index in [2.05, 4.69) is 6.92 Å². The number of aryl methyl sites for hydroxylation is 1. The van der Waals surface area contributed by atoms with Gasteiger partial charge in [-0.3, -0.25) is 4.79 Å². The van der Waals surface area contributed by atoms with Crippen LogP contribution >= 0.6 is 0 Å². The van der Waals surface area contributed by atoms with Gasteiger partial charge in [-0.05, 0) is 38.2 Å². The fourth-order valence-electron chi connectivity index (χ4n) is 2.88. The van der Waals surface area contributed by atoms with E-state index in [4.69, 9.17) is 5.73 Å². The molecule has 1 aliphatic heterocycles. The first-order chi connectivity index (χ1) is 9.52. The summed E-state index contributed by atoms with van der Waals surface area (Å²) < 4.78 is 1.94. The fourth-order valence-corrected chi connectivity index (χ4v) is 2.88. The molecule has 2 heterocycles. The summed E-state index contributed by atoms with van der Waals surface area (Å²) in [6, 6.07) is 1.76. The van der Waals surface area contributed by atoms with Gasteiger partial charge in [-0.2, -0.15) is 0 Å². The second-order valence-corrected chi connectivity index (χ2v) is 5.72. The van der Waals surface area contributed by atoms with Gasteiger partial charge in [-0.25, -0.2) is 0 Å². The van der Waals surface area contributed by atoms with Crippen molar-refractivity contribution in [2.24, 2.45) is 5.92 Å². The number of carbonyl (C=O) groups is 1. The standard InChI is InChI=1S/C15H25N3O2/c1-3-6-18-10-13(16)9-14(18)15(20)17-7-4-12(5-8-17)11(2)19/h9-12,19H,3-8,16H2,1-2H3. The Morgan fingerprint density at radius 2 is 2.15 bits per heavy atom. The lowest BCUT2D eigenvalue weighted by Gasteiger charge is -2.33. The molecule has 0 radical (unpaired) electrons. The number of hydrogen-bond acceptors (Lipinski definition) is 3. The van der Waals surface area contributed by atoms with Crippen LogP contribution in [0.4, 0.5) is 5.69 Å². The normalized spacial score (nSPS) is 18.2. The Morgan fingerprint density at radius 1 is 1.50 bits per heavy atom. The van der Waals surface area contributed by atoms with E-state index < -0.39 is 0 Å². The predicted molar refractivity (Wildman–Crippen MR) is 79.4 cm³/mol. The number of nitrogens with two attached hydrogens (primary N) is 1. The molecule has 1 unspecified atom stereocenters. The minimum atomic E-state index is -0.285. The predicted octanol–water partition coefficient (Wildman–Crippen LogP) is 1.71. The fraction of sp³-hybridized carbons (Fsp3) is 0.667. The highest BCUT2D eigenvalue weighted by molar-refractivity contribution is 5.93. The van der Waals surface area contributed by atoms with Gasteiger partial charge in [0.05, 0.1) is 11.8 Å². The summed E-state index contributed by atoms with van der Waals surface area (Å²) in [7, 11) is 0.